The second-order valence-corrected chi connectivity index (χ2v) is 5.39. The van der Waals surface area contributed by atoms with Gasteiger partial charge in [-0.3, -0.25) is 0 Å². The van der Waals surface area contributed by atoms with Crippen LogP contribution in [0.3, 0.4) is 0 Å². The smallest absolute Gasteiger partial charge is 0.144 e. The zero-order valence-corrected chi connectivity index (χ0v) is 11.7. The minimum Gasteiger partial charge on any atom is -0.489 e. The first-order chi connectivity index (χ1) is 8.58. The molecule has 1 aliphatic heterocycles. The molecule has 0 saturated carbocycles. The zero-order valence-electron chi connectivity index (χ0n) is 11.7. The average molecular weight is 248 g/mol. The van der Waals surface area contributed by atoms with Crippen molar-refractivity contribution in [2.75, 3.05) is 23.7 Å². The van der Waals surface area contributed by atoms with Gasteiger partial charge in [0.2, 0.25) is 0 Å². The van der Waals surface area contributed by atoms with Crippen LogP contribution in [0.15, 0.2) is 12.1 Å². The Balaban J connectivity index is 2.28. The second-order valence-electron chi connectivity index (χ2n) is 5.39. The number of nitrogen functional groups attached to an aromatic ring is 1. The van der Waals surface area contributed by atoms with Crippen LogP contribution < -0.4 is 15.4 Å². The SMILES string of the molecule is Cc1cc(N)c(OC(C)C)cc1N1CCCCC1. The molecular weight excluding hydrogens is 224 g/mol. The van der Waals surface area contributed by atoms with E-state index in [0.29, 0.717) is 0 Å². The molecule has 1 heterocycles. The Hall–Kier alpha value is -1.38. The number of benzene rings is 1. The van der Waals surface area contributed by atoms with E-state index in [-0.39, 0.29) is 6.10 Å². The molecule has 0 spiro atoms. The van der Waals surface area contributed by atoms with E-state index in [2.05, 4.69) is 17.9 Å². The van der Waals surface area contributed by atoms with Crippen molar-refractivity contribution in [2.45, 2.75) is 46.1 Å². The van der Waals surface area contributed by atoms with E-state index >= 15 is 0 Å². The molecule has 1 saturated heterocycles. The highest BCUT2D eigenvalue weighted by atomic mass is 16.5. The van der Waals surface area contributed by atoms with Crippen LogP contribution in [0.5, 0.6) is 5.75 Å². The van der Waals surface area contributed by atoms with E-state index in [4.69, 9.17) is 10.5 Å². The van der Waals surface area contributed by atoms with Crippen molar-refractivity contribution in [1.29, 1.82) is 0 Å². The summed E-state index contributed by atoms with van der Waals surface area (Å²) < 4.78 is 5.78. The van der Waals surface area contributed by atoms with Crippen LogP contribution in [0.1, 0.15) is 38.7 Å². The topological polar surface area (TPSA) is 38.5 Å². The predicted molar refractivity (Wildman–Crippen MR) is 77.4 cm³/mol. The fraction of sp³-hybridized carbons (Fsp3) is 0.600. The van der Waals surface area contributed by atoms with Gasteiger partial charge in [-0.1, -0.05) is 0 Å². The molecule has 0 radical (unpaired) electrons. The molecule has 1 aliphatic rings. The van der Waals surface area contributed by atoms with E-state index < -0.39 is 0 Å². The van der Waals surface area contributed by atoms with Gasteiger partial charge in [-0.25, -0.2) is 0 Å². The standard InChI is InChI=1S/C15H24N2O/c1-11(2)18-15-10-14(12(3)9-13(15)16)17-7-5-4-6-8-17/h9-11H,4-8,16H2,1-3H3. The Morgan fingerprint density at radius 1 is 1.17 bits per heavy atom. The largest absolute Gasteiger partial charge is 0.489 e. The molecule has 1 aromatic rings. The van der Waals surface area contributed by atoms with E-state index in [9.17, 15) is 0 Å². The molecule has 0 unspecified atom stereocenters. The van der Waals surface area contributed by atoms with Crippen molar-refractivity contribution in [3.63, 3.8) is 0 Å². The van der Waals surface area contributed by atoms with Crippen LogP contribution in [0.4, 0.5) is 11.4 Å². The van der Waals surface area contributed by atoms with Gasteiger partial charge in [0.05, 0.1) is 11.8 Å². The monoisotopic (exact) mass is 248 g/mol. The van der Waals surface area contributed by atoms with Crippen LogP contribution in [0, 0.1) is 6.92 Å². The highest BCUT2D eigenvalue weighted by Crippen LogP contribution is 2.33. The number of hydrogen-bond donors (Lipinski definition) is 1. The third-order valence-corrected chi connectivity index (χ3v) is 3.39. The maximum Gasteiger partial charge on any atom is 0.144 e. The van der Waals surface area contributed by atoms with Crippen molar-refractivity contribution in [2.24, 2.45) is 0 Å². The Kier molecular flexibility index (Phi) is 4.00. The minimum absolute atomic E-state index is 0.157. The quantitative estimate of drug-likeness (QED) is 0.834. The zero-order chi connectivity index (χ0) is 13.1. The maximum absolute atomic E-state index is 6.02. The summed E-state index contributed by atoms with van der Waals surface area (Å²) in [4.78, 5) is 2.45. The van der Waals surface area contributed by atoms with Gasteiger partial charge in [0.15, 0.2) is 0 Å². The molecule has 3 heteroatoms. The van der Waals surface area contributed by atoms with Crippen LogP contribution in [0.2, 0.25) is 0 Å². The van der Waals surface area contributed by atoms with Crippen LogP contribution >= 0.6 is 0 Å². The van der Waals surface area contributed by atoms with Crippen LogP contribution in [-0.4, -0.2) is 19.2 Å². The molecule has 3 nitrogen and oxygen atoms in total. The van der Waals surface area contributed by atoms with Gasteiger partial charge < -0.3 is 15.4 Å². The first-order valence-electron chi connectivity index (χ1n) is 6.89. The lowest BCUT2D eigenvalue weighted by molar-refractivity contribution is 0.244. The predicted octanol–water partition coefficient (Wildman–Crippen LogP) is 3.35. The molecule has 2 N–H and O–H groups in total. The van der Waals surface area contributed by atoms with Gasteiger partial charge in [0.25, 0.3) is 0 Å². The molecule has 2 rings (SSSR count). The summed E-state index contributed by atoms with van der Waals surface area (Å²) in [7, 11) is 0. The van der Waals surface area contributed by atoms with E-state index in [1.807, 2.05) is 19.9 Å². The third-order valence-electron chi connectivity index (χ3n) is 3.39. The number of hydrogen-bond acceptors (Lipinski definition) is 3. The summed E-state index contributed by atoms with van der Waals surface area (Å²) in [6, 6.07) is 4.14. The highest BCUT2D eigenvalue weighted by Gasteiger charge is 2.15. The lowest BCUT2D eigenvalue weighted by atomic mass is 10.1. The normalized spacial score (nSPS) is 16.1. The van der Waals surface area contributed by atoms with Gasteiger partial charge in [-0.2, -0.15) is 0 Å². The molecule has 18 heavy (non-hydrogen) atoms. The lowest BCUT2D eigenvalue weighted by Crippen LogP contribution is -2.30. The van der Waals surface area contributed by atoms with E-state index in [1.165, 1.54) is 30.5 Å². The molecule has 0 aliphatic carbocycles. The number of ether oxygens (including phenoxy) is 1. The first-order valence-corrected chi connectivity index (χ1v) is 6.89. The van der Waals surface area contributed by atoms with E-state index in [1.54, 1.807) is 0 Å². The van der Waals surface area contributed by atoms with Gasteiger partial charge in [0, 0.05) is 24.8 Å². The summed E-state index contributed by atoms with van der Waals surface area (Å²) in [5.74, 6) is 0.816. The number of nitrogens with zero attached hydrogens (tertiary/aromatic N) is 1. The molecule has 1 aromatic carbocycles. The molecule has 100 valence electrons. The van der Waals surface area contributed by atoms with Gasteiger partial charge in [-0.05, 0) is 51.7 Å². The second kappa shape index (κ2) is 5.51. The number of nitrogens with two attached hydrogens (primary N) is 1. The molecule has 0 atom stereocenters. The summed E-state index contributed by atoms with van der Waals surface area (Å²) in [5.41, 5.74) is 9.28. The first kappa shape index (κ1) is 13.1. The fourth-order valence-corrected chi connectivity index (χ4v) is 2.53. The van der Waals surface area contributed by atoms with Crippen molar-refractivity contribution >= 4 is 11.4 Å². The fourth-order valence-electron chi connectivity index (χ4n) is 2.53. The van der Waals surface area contributed by atoms with Gasteiger partial charge in [0.1, 0.15) is 5.75 Å². The number of anilines is 2. The van der Waals surface area contributed by atoms with Gasteiger partial charge in [-0.15, -0.1) is 0 Å². The van der Waals surface area contributed by atoms with Crippen molar-refractivity contribution in [3.8, 4) is 5.75 Å². The average Bonchev–Trinajstić information content (AvgIpc) is 2.33. The van der Waals surface area contributed by atoms with E-state index in [0.717, 1.165) is 24.5 Å². The molecule has 1 fully saturated rings. The molecule has 0 bridgehead atoms. The maximum atomic E-state index is 6.02. The van der Waals surface area contributed by atoms with Crippen LogP contribution in [-0.2, 0) is 0 Å². The molecular formula is C15H24N2O. The minimum atomic E-state index is 0.157. The summed E-state index contributed by atoms with van der Waals surface area (Å²) in [6.07, 6.45) is 4.07. The lowest BCUT2D eigenvalue weighted by Gasteiger charge is -2.31. The van der Waals surface area contributed by atoms with Crippen molar-refractivity contribution in [1.82, 2.24) is 0 Å². The summed E-state index contributed by atoms with van der Waals surface area (Å²) in [5, 5.41) is 0. The van der Waals surface area contributed by atoms with Crippen LogP contribution in [0.25, 0.3) is 0 Å². The molecule has 0 amide bonds. The third kappa shape index (κ3) is 2.89. The Morgan fingerprint density at radius 2 is 1.83 bits per heavy atom. The Labute approximate surface area is 110 Å². The number of rotatable bonds is 3. The number of piperidine rings is 1. The Bertz CT molecular complexity index is 409. The summed E-state index contributed by atoms with van der Waals surface area (Å²) >= 11 is 0. The Morgan fingerprint density at radius 3 is 2.44 bits per heavy atom. The van der Waals surface area contributed by atoms with Gasteiger partial charge >= 0.3 is 0 Å². The van der Waals surface area contributed by atoms with Crippen molar-refractivity contribution in [3.05, 3.63) is 17.7 Å². The molecule has 0 aromatic heterocycles. The van der Waals surface area contributed by atoms with Crippen molar-refractivity contribution < 1.29 is 4.74 Å². The highest BCUT2D eigenvalue weighted by molar-refractivity contribution is 5.66. The summed E-state index contributed by atoms with van der Waals surface area (Å²) in [6.45, 7) is 8.47. The number of aryl methyl sites for hydroxylation is 1.